The smallest absolute Gasteiger partial charge is 0.289 e. The number of nitrogens with one attached hydrogen (secondary N) is 1. The van der Waals surface area contributed by atoms with Crippen LogP contribution in [0.3, 0.4) is 0 Å². The van der Waals surface area contributed by atoms with Gasteiger partial charge in [-0.25, -0.2) is 0 Å². The van der Waals surface area contributed by atoms with Crippen molar-refractivity contribution in [1.82, 2.24) is 20.0 Å². The van der Waals surface area contributed by atoms with Crippen molar-refractivity contribution < 1.29 is 14.0 Å². The van der Waals surface area contributed by atoms with Crippen LogP contribution >= 0.6 is 0 Å². The van der Waals surface area contributed by atoms with Gasteiger partial charge < -0.3 is 14.2 Å². The molecule has 20 heavy (non-hydrogen) atoms. The summed E-state index contributed by atoms with van der Waals surface area (Å²) in [4.78, 5) is 27.6. The lowest BCUT2D eigenvalue weighted by molar-refractivity contribution is 0.0518. The van der Waals surface area contributed by atoms with E-state index < -0.39 is 0 Å². The summed E-state index contributed by atoms with van der Waals surface area (Å²) in [6, 6.07) is 3.33. The van der Waals surface area contributed by atoms with Crippen molar-refractivity contribution in [1.29, 1.82) is 0 Å². The number of hydrogen-bond acceptors (Lipinski definition) is 4. The Balaban J connectivity index is 1.60. The van der Waals surface area contributed by atoms with Gasteiger partial charge in [-0.2, -0.15) is 5.10 Å². The minimum Gasteiger partial charge on any atom is -0.459 e. The highest BCUT2D eigenvalue weighted by atomic mass is 16.3. The van der Waals surface area contributed by atoms with Crippen LogP contribution in [0.25, 0.3) is 0 Å². The van der Waals surface area contributed by atoms with Gasteiger partial charge in [0.05, 0.1) is 18.0 Å². The van der Waals surface area contributed by atoms with E-state index in [2.05, 4.69) is 10.2 Å². The van der Waals surface area contributed by atoms with E-state index in [0.29, 0.717) is 37.5 Å². The highest BCUT2D eigenvalue weighted by Crippen LogP contribution is 2.11. The molecule has 0 aliphatic carbocycles. The van der Waals surface area contributed by atoms with Crippen LogP contribution in [-0.2, 0) is 0 Å². The number of aromatic amines is 1. The van der Waals surface area contributed by atoms with Crippen LogP contribution in [-0.4, -0.2) is 58.0 Å². The van der Waals surface area contributed by atoms with Crippen molar-refractivity contribution >= 4 is 11.8 Å². The second-order valence-electron chi connectivity index (χ2n) is 4.55. The molecular formula is C13H14N4O3. The largest absolute Gasteiger partial charge is 0.459 e. The summed E-state index contributed by atoms with van der Waals surface area (Å²) in [6.45, 7) is 2.03. The van der Waals surface area contributed by atoms with E-state index in [1.54, 1.807) is 28.1 Å². The van der Waals surface area contributed by atoms with Crippen molar-refractivity contribution in [2.45, 2.75) is 0 Å². The number of nitrogens with zero attached hydrogens (tertiary/aromatic N) is 3. The Kier molecular flexibility index (Phi) is 3.24. The third-order valence-electron chi connectivity index (χ3n) is 3.33. The lowest BCUT2D eigenvalue weighted by Crippen LogP contribution is -2.50. The van der Waals surface area contributed by atoms with Gasteiger partial charge in [0.2, 0.25) is 0 Å². The maximum absolute atomic E-state index is 12.1. The summed E-state index contributed by atoms with van der Waals surface area (Å²) in [5.41, 5.74) is 0.538. The normalized spacial score (nSPS) is 15.4. The molecule has 2 aromatic rings. The van der Waals surface area contributed by atoms with E-state index in [9.17, 15) is 9.59 Å². The van der Waals surface area contributed by atoms with Gasteiger partial charge in [0, 0.05) is 32.4 Å². The molecule has 0 aromatic carbocycles. The van der Waals surface area contributed by atoms with Gasteiger partial charge in [-0.15, -0.1) is 0 Å². The van der Waals surface area contributed by atoms with E-state index >= 15 is 0 Å². The van der Waals surface area contributed by atoms with E-state index in [0.717, 1.165) is 0 Å². The number of piperazine rings is 1. The molecule has 0 spiro atoms. The lowest BCUT2D eigenvalue weighted by Gasteiger charge is -2.34. The molecule has 0 atom stereocenters. The van der Waals surface area contributed by atoms with E-state index in [4.69, 9.17) is 4.42 Å². The van der Waals surface area contributed by atoms with Gasteiger partial charge >= 0.3 is 0 Å². The van der Waals surface area contributed by atoms with Crippen LogP contribution in [0.2, 0.25) is 0 Å². The molecule has 1 aliphatic rings. The number of hydrogen-bond donors (Lipinski definition) is 1. The average Bonchev–Trinajstić information content (AvgIpc) is 3.18. The lowest BCUT2D eigenvalue weighted by atomic mass is 10.2. The van der Waals surface area contributed by atoms with E-state index in [1.165, 1.54) is 12.5 Å². The topological polar surface area (TPSA) is 82.4 Å². The summed E-state index contributed by atoms with van der Waals surface area (Å²) < 4.78 is 5.10. The molecule has 2 amide bonds. The van der Waals surface area contributed by atoms with Crippen LogP contribution in [0.15, 0.2) is 35.2 Å². The first-order chi connectivity index (χ1) is 9.75. The Morgan fingerprint density at radius 2 is 1.85 bits per heavy atom. The number of furan rings is 1. The fourth-order valence-electron chi connectivity index (χ4n) is 2.22. The molecule has 0 bridgehead atoms. The Morgan fingerprint density at radius 1 is 1.15 bits per heavy atom. The molecule has 7 heteroatoms. The summed E-state index contributed by atoms with van der Waals surface area (Å²) in [5.74, 6) is 0.133. The molecule has 3 heterocycles. The van der Waals surface area contributed by atoms with E-state index in [1.807, 2.05) is 0 Å². The quantitative estimate of drug-likeness (QED) is 0.869. The number of carbonyl (C=O) groups excluding carboxylic acids is 2. The number of amides is 2. The zero-order valence-electron chi connectivity index (χ0n) is 10.8. The van der Waals surface area contributed by atoms with Crippen LogP contribution in [0, 0.1) is 0 Å². The van der Waals surface area contributed by atoms with Crippen molar-refractivity contribution in [3.63, 3.8) is 0 Å². The zero-order valence-corrected chi connectivity index (χ0v) is 10.8. The molecule has 3 rings (SSSR count). The Bertz CT molecular complexity index is 529. The molecule has 7 nitrogen and oxygen atoms in total. The minimum absolute atomic E-state index is 0.0659. The van der Waals surface area contributed by atoms with Crippen LogP contribution in [0.5, 0.6) is 0 Å². The predicted octanol–water partition coefficient (Wildman–Crippen LogP) is 0.601. The van der Waals surface area contributed by atoms with Crippen molar-refractivity contribution in [2.24, 2.45) is 0 Å². The monoisotopic (exact) mass is 274 g/mol. The van der Waals surface area contributed by atoms with E-state index in [-0.39, 0.29) is 11.8 Å². The van der Waals surface area contributed by atoms with Crippen LogP contribution < -0.4 is 0 Å². The highest BCUT2D eigenvalue weighted by molar-refractivity contribution is 5.94. The minimum atomic E-state index is -0.134. The second-order valence-corrected chi connectivity index (χ2v) is 4.55. The van der Waals surface area contributed by atoms with Crippen LogP contribution in [0.1, 0.15) is 20.9 Å². The van der Waals surface area contributed by atoms with Gasteiger partial charge in [0.15, 0.2) is 5.76 Å². The standard InChI is InChI=1S/C13H14N4O3/c18-12(10-8-14-15-9-10)16-3-5-17(6-4-16)13(19)11-2-1-7-20-11/h1-2,7-9H,3-6H2,(H,14,15). The van der Waals surface area contributed by atoms with Crippen molar-refractivity contribution in [3.8, 4) is 0 Å². The molecule has 0 saturated carbocycles. The summed E-state index contributed by atoms with van der Waals surface area (Å²) >= 11 is 0. The first-order valence-corrected chi connectivity index (χ1v) is 6.36. The molecule has 1 fully saturated rings. The maximum Gasteiger partial charge on any atom is 0.289 e. The van der Waals surface area contributed by atoms with Crippen molar-refractivity contribution in [2.75, 3.05) is 26.2 Å². The maximum atomic E-state index is 12.1. The SMILES string of the molecule is O=C(c1cn[nH]c1)N1CCN(C(=O)c2ccco2)CC1. The zero-order chi connectivity index (χ0) is 13.9. The van der Waals surface area contributed by atoms with Gasteiger partial charge in [-0.05, 0) is 12.1 Å². The molecule has 1 aliphatic heterocycles. The predicted molar refractivity (Wildman–Crippen MR) is 69.1 cm³/mol. The molecule has 0 radical (unpaired) electrons. The summed E-state index contributed by atoms with van der Waals surface area (Å²) in [6.07, 6.45) is 4.55. The van der Waals surface area contributed by atoms with Gasteiger partial charge in [-0.1, -0.05) is 0 Å². The Labute approximate surface area is 115 Å². The third kappa shape index (κ3) is 2.29. The second kappa shape index (κ2) is 5.20. The molecule has 0 unspecified atom stereocenters. The molecule has 2 aromatic heterocycles. The van der Waals surface area contributed by atoms with Gasteiger partial charge in [-0.3, -0.25) is 14.7 Å². The van der Waals surface area contributed by atoms with Gasteiger partial charge in [0.1, 0.15) is 0 Å². The number of aromatic nitrogens is 2. The Hall–Kier alpha value is -2.57. The van der Waals surface area contributed by atoms with Crippen LogP contribution in [0.4, 0.5) is 0 Å². The van der Waals surface area contributed by atoms with Gasteiger partial charge in [0.25, 0.3) is 11.8 Å². The fourth-order valence-corrected chi connectivity index (χ4v) is 2.22. The first-order valence-electron chi connectivity index (χ1n) is 6.36. The molecular weight excluding hydrogens is 260 g/mol. The molecule has 1 N–H and O–H groups in total. The number of rotatable bonds is 2. The number of H-pyrrole nitrogens is 1. The third-order valence-corrected chi connectivity index (χ3v) is 3.33. The molecule has 1 saturated heterocycles. The Morgan fingerprint density at radius 3 is 2.40 bits per heavy atom. The average molecular weight is 274 g/mol. The summed E-state index contributed by atoms with van der Waals surface area (Å²) in [7, 11) is 0. The fraction of sp³-hybridized carbons (Fsp3) is 0.308. The van der Waals surface area contributed by atoms with Crippen molar-refractivity contribution in [3.05, 3.63) is 42.1 Å². The first kappa shape index (κ1) is 12.5. The molecule has 104 valence electrons. The number of carbonyl (C=O) groups is 2. The summed E-state index contributed by atoms with van der Waals surface area (Å²) in [5, 5.41) is 6.39. The highest BCUT2D eigenvalue weighted by Gasteiger charge is 2.26.